The smallest absolute Gasteiger partial charge is 0.291 e. The van der Waals surface area contributed by atoms with Crippen molar-refractivity contribution in [2.24, 2.45) is 0 Å². The topological polar surface area (TPSA) is 63.4 Å². The summed E-state index contributed by atoms with van der Waals surface area (Å²) in [7, 11) is 0. The molecule has 154 valence electrons. The molecule has 3 heterocycles. The second-order valence-corrected chi connectivity index (χ2v) is 8.21. The Hall–Kier alpha value is -3.73. The summed E-state index contributed by atoms with van der Waals surface area (Å²) in [6.45, 7) is 6.33. The predicted octanol–water partition coefficient (Wildman–Crippen LogP) is 4.86. The van der Waals surface area contributed by atoms with Gasteiger partial charge in [-0.15, -0.1) is 0 Å². The van der Waals surface area contributed by atoms with Crippen molar-refractivity contribution < 1.29 is 9.21 Å². The average Bonchev–Trinajstić information content (AvgIpc) is 3.04. The molecule has 5 nitrogen and oxygen atoms in total. The third-order valence-corrected chi connectivity index (χ3v) is 6.06. The summed E-state index contributed by atoms with van der Waals surface area (Å²) in [6.07, 6.45) is 3.39. The first-order valence-corrected chi connectivity index (χ1v) is 10.3. The molecule has 1 atom stereocenters. The number of benzene rings is 2. The minimum Gasteiger partial charge on any atom is -0.450 e. The van der Waals surface area contributed by atoms with Gasteiger partial charge in [0.05, 0.1) is 17.0 Å². The van der Waals surface area contributed by atoms with Crippen molar-refractivity contribution in [1.82, 2.24) is 9.88 Å². The van der Waals surface area contributed by atoms with Crippen LogP contribution in [0.5, 0.6) is 0 Å². The van der Waals surface area contributed by atoms with Gasteiger partial charge in [-0.05, 0) is 61.2 Å². The van der Waals surface area contributed by atoms with Gasteiger partial charge in [0.1, 0.15) is 5.58 Å². The van der Waals surface area contributed by atoms with E-state index in [9.17, 15) is 9.59 Å². The van der Waals surface area contributed by atoms with Crippen LogP contribution >= 0.6 is 0 Å². The largest absolute Gasteiger partial charge is 0.450 e. The van der Waals surface area contributed by atoms with Crippen molar-refractivity contribution in [3.8, 4) is 0 Å². The van der Waals surface area contributed by atoms with Crippen LogP contribution in [0.4, 0.5) is 0 Å². The van der Waals surface area contributed by atoms with Gasteiger partial charge in [-0.3, -0.25) is 14.6 Å². The lowest BCUT2D eigenvalue weighted by Gasteiger charge is -2.25. The third kappa shape index (κ3) is 3.13. The summed E-state index contributed by atoms with van der Waals surface area (Å²) in [5.74, 6) is -0.150. The van der Waals surface area contributed by atoms with E-state index in [2.05, 4.69) is 4.98 Å². The highest BCUT2D eigenvalue weighted by Gasteiger charge is 2.42. The summed E-state index contributed by atoms with van der Waals surface area (Å²) >= 11 is 0. The summed E-state index contributed by atoms with van der Waals surface area (Å²) in [5.41, 5.74) is 5.63. The molecule has 1 aliphatic rings. The van der Waals surface area contributed by atoms with Gasteiger partial charge in [-0.2, -0.15) is 0 Å². The Morgan fingerprint density at radius 1 is 1.00 bits per heavy atom. The lowest BCUT2D eigenvalue weighted by atomic mass is 9.98. The van der Waals surface area contributed by atoms with Crippen LogP contribution in [0.15, 0.2) is 70.1 Å². The van der Waals surface area contributed by atoms with E-state index in [1.807, 2.05) is 69.3 Å². The number of aryl methyl sites for hydroxylation is 3. The molecule has 5 heteroatoms. The first kappa shape index (κ1) is 19.2. The summed E-state index contributed by atoms with van der Waals surface area (Å²) < 4.78 is 6.06. The van der Waals surface area contributed by atoms with Gasteiger partial charge < -0.3 is 9.32 Å². The van der Waals surface area contributed by atoms with E-state index in [1.54, 1.807) is 17.3 Å². The maximum absolute atomic E-state index is 13.6. The monoisotopic (exact) mass is 410 g/mol. The fourth-order valence-corrected chi connectivity index (χ4v) is 4.21. The highest BCUT2D eigenvalue weighted by atomic mass is 16.3. The van der Waals surface area contributed by atoms with Crippen molar-refractivity contribution in [2.45, 2.75) is 33.4 Å². The zero-order valence-electron chi connectivity index (χ0n) is 17.7. The van der Waals surface area contributed by atoms with Crippen LogP contribution in [0, 0.1) is 20.8 Å². The number of rotatable bonds is 3. The normalized spacial score (nSPS) is 15.5. The van der Waals surface area contributed by atoms with Gasteiger partial charge in [-0.25, -0.2) is 0 Å². The molecule has 0 saturated carbocycles. The van der Waals surface area contributed by atoms with Crippen molar-refractivity contribution in [3.63, 3.8) is 0 Å². The molecule has 0 radical (unpaired) electrons. The highest BCUT2D eigenvalue weighted by molar-refractivity contribution is 5.99. The van der Waals surface area contributed by atoms with Crippen LogP contribution in [-0.2, 0) is 6.54 Å². The number of amides is 1. The van der Waals surface area contributed by atoms with Gasteiger partial charge in [0.2, 0.25) is 5.76 Å². The van der Waals surface area contributed by atoms with Gasteiger partial charge in [-0.1, -0.05) is 35.9 Å². The molecule has 2 aromatic heterocycles. The van der Waals surface area contributed by atoms with Crippen molar-refractivity contribution in [2.75, 3.05) is 0 Å². The summed E-state index contributed by atoms with van der Waals surface area (Å²) in [5, 5.41) is 0.501. The van der Waals surface area contributed by atoms with E-state index in [0.29, 0.717) is 23.1 Å². The minimum absolute atomic E-state index is 0.127. The van der Waals surface area contributed by atoms with E-state index in [4.69, 9.17) is 4.42 Å². The molecule has 0 spiro atoms. The molecule has 4 aromatic rings. The van der Waals surface area contributed by atoms with Gasteiger partial charge in [0.25, 0.3) is 5.91 Å². The van der Waals surface area contributed by atoms with Crippen LogP contribution in [0.25, 0.3) is 11.0 Å². The first-order chi connectivity index (χ1) is 14.9. The van der Waals surface area contributed by atoms with Gasteiger partial charge in [0.15, 0.2) is 5.43 Å². The van der Waals surface area contributed by atoms with E-state index in [1.165, 1.54) is 0 Å². The molecular weight excluding hydrogens is 388 g/mol. The second-order valence-electron chi connectivity index (χ2n) is 8.21. The number of hydrogen-bond donors (Lipinski definition) is 0. The van der Waals surface area contributed by atoms with E-state index < -0.39 is 6.04 Å². The Morgan fingerprint density at radius 2 is 1.74 bits per heavy atom. The predicted molar refractivity (Wildman–Crippen MR) is 119 cm³/mol. The number of hydrogen-bond acceptors (Lipinski definition) is 4. The Bertz CT molecular complexity index is 1370. The zero-order chi connectivity index (χ0) is 21.7. The van der Waals surface area contributed by atoms with Crippen molar-refractivity contribution >= 4 is 16.9 Å². The molecule has 1 amide bonds. The minimum atomic E-state index is -0.542. The molecule has 1 unspecified atom stereocenters. The Balaban J connectivity index is 1.73. The second kappa shape index (κ2) is 7.20. The molecule has 1 aliphatic heterocycles. The molecule has 5 rings (SSSR count). The van der Waals surface area contributed by atoms with Crippen LogP contribution < -0.4 is 5.43 Å². The SMILES string of the molecule is Cc1ccc(CN2C(=O)c3oc4cc(C)c(C)cc4c(=O)c3C2c2cccnc2)cc1. The molecule has 0 fully saturated rings. The standard InChI is InChI=1S/C26H22N2O3/c1-15-6-8-18(9-7-15)14-28-23(19-5-4-10-27-13-19)22-24(29)20-11-16(2)17(3)12-21(20)31-25(22)26(28)30/h4-13,23H,14H2,1-3H3. The molecule has 0 aliphatic carbocycles. The molecule has 2 aromatic carbocycles. The van der Waals surface area contributed by atoms with Crippen LogP contribution in [0.1, 0.15) is 50.0 Å². The maximum Gasteiger partial charge on any atom is 0.291 e. The summed E-state index contributed by atoms with van der Waals surface area (Å²) in [6, 6.07) is 14.9. The number of fused-ring (bicyclic) bond motifs is 2. The fraction of sp³-hybridized carbons (Fsp3) is 0.192. The highest BCUT2D eigenvalue weighted by Crippen LogP contribution is 2.39. The average molecular weight is 410 g/mol. The van der Waals surface area contributed by atoms with Crippen molar-refractivity contribution in [1.29, 1.82) is 0 Å². The van der Waals surface area contributed by atoms with E-state index in [0.717, 1.165) is 27.8 Å². The molecular formula is C26H22N2O3. The van der Waals surface area contributed by atoms with Gasteiger partial charge in [0, 0.05) is 18.9 Å². The van der Waals surface area contributed by atoms with Crippen LogP contribution in [0.2, 0.25) is 0 Å². The number of aromatic nitrogens is 1. The Labute approximate surface area is 180 Å². The van der Waals surface area contributed by atoms with Crippen LogP contribution in [0.3, 0.4) is 0 Å². The number of nitrogens with zero attached hydrogens (tertiary/aromatic N) is 2. The van der Waals surface area contributed by atoms with Crippen LogP contribution in [-0.4, -0.2) is 15.8 Å². The molecule has 0 N–H and O–H groups in total. The maximum atomic E-state index is 13.6. The quantitative estimate of drug-likeness (QED) is 0.484. The molecule has 0 saturated heterocycles. The third-order valence-electron chi connectivity index (χ3n) is 6.06. The number of pyridine rings is 1. The Morgan fingerprint density at radius 3 is 2.45 bits per heavy atom. The fourth-order valence-electron chi connectivity index (χ4n) is 4.21. The van der Waals surface area contributed by atoms with Crippen molar-refractivity contribution in [3.05, 3.63) is 110 Å². The van der Waals surface area contributed by atoms with E-state index >= 15 is 0 Å². The van der Waals surface area contributed by atoms with Gasteiger partial charge >= 0.3 is 0 Å². The number of carbonyl (C=O) groups is 1. The molecule has 0 bridgehead atoms. The molecule has 31 heavy (non-hydrogen) atoms. The Kier molecular flexibility index (Phi) is 4.47. The zero-order valence-corrected chi connectivity index (χ0v) is 17.7. The van der Waals surface area contributed by atoms with E-state index in [-0.39, 0.29) is 17.1 Å². The summed E-state index contributed by atoms with van der Waals surface area (Å²) in [4.78, 5) is 33.0. The lowest BCUT2D eigenvalue weighted by Crippen LogP contribution is -2.29. The lowest BCUT2D eigenvalue weighted by molar-refractivity contribution is 0.0714. The first-order valence-electron chi connectivity index (χ1n) is 10.3. The number of carbonyl (C=O) groups excluding carboxylic acids is 1.